The van der Waals surface area contributed by atoms with E-state index in [-0.39, 0.29) is 0 Å². The Morgan fingerprint density at radius 2 is 1.65 bits per heavy atom. The summed E-state index contributed by atoms with van der Waals surface area (Å²) < 4.78 is 6.81. The first-order chi connectivity index (χ1) is 9.64. The molecule has 2 atom stereocenters. The summed E-state index contributed by atoms with van der Waals surface area (Å²) in [5.74, 6) is 1.77. The van der Waals surface area contributed by atoms with Gasteiger partial charge in [-0.1, -0.05) is 85.4 Å². The molecule has 0 radical (unpaired) electrons. The topological polar surface area (TPSA) is 9.23 Å². The maximum atomic E-state index is 6.81. The van der Waals surface area contributed by atoms with E-state index >= 15 is 0 Å². The molecule has 0 aliphatic carbocycles. The van der Waals surface area contributed by atoms with Gasteiger partial charge in [0.15, 0.2) is 0 Å². The normalized spacial score (nSPS) is 44.4. The van der Waals surface area contributed by atoms with E-state index in [1.807, 2.05) is 0 Å². The number of hydrogen-bond donors (Lipinski definition) is 0. The lowest BCUT2D eigenvalue weighted by atomic mass is 9.25. The standard InChI is InChI=1S/C17H32B2O/c1-5-16(4)17(6-2)14-10-8-12-15(13-9-11-14)19(17)20-18(16)7-3/h14-15H,5-13H2,1-4H3. The van der Waals surface area contributed by atoms with Crippen LogP contribution in [-0.2, 0) is 4.57 Å². The Bertz CT molecular complexity index is 351. The van der Waals surface area contributed by atoms with Crippen molar-refractivity contribution in [3.05, 3.63) is 0 Å². The molecule has 20 heavy (non-hydrogen) atoms. The molecule has 0 spiro atoms. The quantitative estimate of drug-likeness (QED) is 0.600. The molecule has 0 aromatic carbocycles. The van der Waals surface area contributed by atoms with Crippen molar-refractivity contribution >= 4 is 13.8 Å². The molecule has 2 bridgehead atoms. The molecule has 3 fully saturated rings. The molecule has 3 heterocycles. The molecule has 1 nitrogen and oxygen atoms in total. The zero-order valence-electron chi connectivity index (χ0n) is 14.1. The third-order valence-electron chi connectivity index (χ3n) is 7.69. The lowest BCUT2D eigenvalue weighted by Crippen LogP contribution is -2.42. The molecule has 112 valence electrons. The van der Waals surface area contributed by atoms with E-state index in [1.165, 1.54) is 57.7 Å². The van der Waals surface area contributed by atoms with Gasteiger partial charge in [0.1, 0.15) is 0 Å². The summed E-state index contributed by atoms with van der Waals surface area (Å²) in [6.07, 6.45) is 12.5. The second kappa shape index (κ2) is 5.38. The van der Waals surface area contributed by atoms with Gasteiger partial charge in [-0.05, 0) is 22.4 Å². The molecule has 3 heteroatoms. The van der Waals surface area contributed by atoms with Crippen molar-refractivity contribution in [1.29, 1.82) is 0 Å². The van der Waals surface area contributed by atoms with Gasteiger partial charge in [-0.15, -0.1) is 0 Å². The first kappa shape index (κ1) is 15.0. The average molecular weight is 274 g/mol. The smallest absolute Gasteiger partial charge is 0.286 e. The zero-order valence-corrected chi connectivity index (χ0v) is 14.1. The average Bonchev–Trinajstić information content (AvgIpc) is 2.55. The third kappa shape index (κ3) is 1.74. The first-order valence-corrected chi connectivity index (χ1v) is 9.29. The summed E-state index contributed by atoms with van der Waals surface area (Å²) >= 11 is 0. The molecule has 3 saturated heterocycles. The Hall–Kier alpha value is 0.0899. The maximum absolute atomic E-state index is 6.81. The molecule has 0 N–H and O–H groups in total. The van der Waals surface area contributed by atoms with Crippen LogP contribution in [-0.4, -0.2) is 13.8 Å². The lowest BCUT2D eigenvalue weighted by molar-refractivity contribution is 0.229. The lowest BCUT2D eigenvalue weighted by Gasteiger charge is -2.50. The Morgan fingerprint density at radius 1 is 1.00 bits per heavy atom. The van der Waals surface area contributed by atoms with E-state index in [1.54, 1.807) is 0 Å². The van der Waals surface area contributed by atoms with Gasteiger partial charge in [0.25, 0.3) is 13.8 Å². The molecule has 3 aliphatic rings. The summed E-state index contributed by atoms with van der Waals surface area (Å²) in [5, 5.41) is 0.874. The molecule has 0 aromatic heterocycles. The van der Waals surface area contributed by atoms with Crippen LogP contribution >= 0.6 is 0 Å². The van der Waals surface area contributed by atoms with E-state index in [2.05, 4.69) is 27.7 Å². The highest BCUT2D eigenvalue weighted by Crippen LogP contribution is 2.74. The van der Waals surface area contributed by atoms with Crippen molar-refractivity contribution in [3.8, 4) is 0 Å². The van der Waals surface area contributed by atoms with Crippen LogP contribution in [0.3, 0.4) is 0 Å². The molecular weight excluding hydrogens is 242 g/mol. The van der Waals surface area contributed by atoms with Crippen molar-refractivity contribution in [1.82, 2.24) is 0 Å². The summed E-state index contributed by atoms with van der Waals surface area (Å²) in [7, 11) is 0. The van der Waals surface area contributed by atoms with Gasteiger partial charge in [0.05, 0.1) is 0 Å². The van der Waals surface area contributed by atoms with Gasteiger partial charge >= 0.3 is 0 Å². The van der Waals surface area contributed by atoms with Crippen LogP contribution in [0.25, 0.3) is 0 Å². The molecule has 2 unspecified atom stereocenters. The van der Waals surface area contributed by atoms with Crippen molar-refractivity contribution in [2.45, 2.75) is 102 Å². The Labute approximate surface area is 126 Å². The fourth-order valence-corrected chi connectivity index (χ4v) is 6.66. The molecule has 0 saturated carbocycles. The van der Waals surface area contributed by atoms with Crippen molar-refractivity contribution in [2.75, 3.05) is 0 Å². The van der Waals surface area contributed by atoms with Crippen LogP contribution in [0.2, 0.25) is 22.8 Å². The summed E-state index contributed by atoms with van der Waals surface area (Å²) in [4.78, 5) is 0. The minimum Gasteiger partial charge on any atom is -0.497 e. The summed E-state index contributed by atoms with van der Waals surface area (Å²) in [6, 6.07) is 0. The van der Waals surface area contributed by atoms with E-state index in [0.717, 1.165) is 11.7 Å². The SMILES string of the molecule is CCB1OB2C3CCCC(CCC3)C2(CC)C1(C)CC. The number of hydrogen-bond acceptors (Lipinski definition) is 1. The van der Waals surface area contributed by atoms with Gasteiger partial charge < -0.3 is 4.57 Å². The summed E-state index contributed by atoms with van der Waals surface area (Å²) in [5.41, 5.74) is 0. The van der Waals surface area contributed by atoms with Gasteiger partial charge in [-0.3, -0.25) is 0 Å². The highest BCUT2D eigenvalue weighted by Gasteiger charge is 2.69. The molecule has 0 aromatic rings. The molecule has 0 amide bonds. The van der Waals surface area contributed by atoms with E-state index in [9.17, 15) is 0 Å². The second-order valence-electron chi connectivity index (χ2n) is 7.94. The predicted molar refractivity (Wildman–Crippen MR) is 89.7 cm³/mol. The highest BCUT2D eigenvalue weighted by molar-refractivity contribution is 6.77. The van der Waals surface area contributed by atoms with Crippen LogP contribution in [0.5, 0.6) is 0 Å². The number of rotatable bonds is 3. The van der Waals surface area contributed by atoms with Crippen molar-refractivity contribution in [3.63, 3.8) is 0 Å². The third-order valence-corrected chi connectivity index (χ3v) is 7.69. The largest absolute Gasteiger partial charge is 0.497 e. The van der Waals surface area contributed by atoms with Gasteiger partial charge in [-0.25, -0.2) is 0 Å². The highest BCUT2D eigenvalue weighted by atomic mass is 16.4. The van der Waals surface area contributed by atoms with Crippen LogP contribution < -0.4 is 0 Å². The Kier molecular flexibility index (Phi) is 4.03. The van der Waals surface area contributed by atoms with E-state index in [4.69, 9.17) is 4.57 Å². The van der Waals surface area contributed by atoms with E-state index in [0.29, 0.717) is 24.5 Å². The second-order valence-corrected chi connectivity index (χ2v) is 7.94. The monoisotopic (exact) mass is 274 g/mol. The van der Waals surface area contributed by atoms with Crippen LogP contribution in [0.4, 0.5) is 0 Å². The fraction of sp³-hybridized carbons (Fsp3) is 1.00. The van der Waals surface area contributed by atoms with Crippen molar-refractivity contribution in [2.24, 2.45) is 5.92 Å². The van der Waals surface area contributed by atoms with Crippen LogP contribution in [0.15, 0.2) is 0 Å². The first-order valence-electron chi connectivity index (χ1n) is 9.29. The van der Waals surface area contributed by atoms with Crippen LogP contribution in [0.1, 0.15) is 79.1 Å². The predicted octanol–water partition coefficient (Wildman–Crippen LogP) is 5.69. The zero-order chi connectivity index (χ0) is 14.4. The Balaban J connectivity index is 2.12. The van der Waals surface area contributed by atoms with Crippen molar-refractivity contribution < 1.29 is 4.57 Å². The minimum absolute atomic E-state index is 0.402. The summed E-state index contributed by atoms with van der Waals surface area (Å²) in [6.45, 7) is 10.9. The van der Waals surface area contributed by atoms with Crippen LogP contribution in [0, 0.1) is 5.92 Å². The minimum atomic E-state index is 0.402. The maximum Gasteiger partial charge on any atom is 0.286 e. The van der Waals surface area contributed by atoms with Gasteiger partial charge in [0, 0.05) is 0 Å². The molecule has 3 aliphatic heterocycles. The van der Waals surface area contributed by atoms with Gasteiger partial charge in [0.2, 0.25) is 0 Å². The van der Waals surface area contributed by atoms with E-state index < -0.39 is 0 Å². The molecule has 3 rings (SSSR count). The Morgan fingerprint density at radius 3 is 2.15 bits per heavy atom. The fourth-order valence-electron chi connectivity index (χ4n) is 6.66. The van der Waals surface area contributed by atoms with Gasteiger partial charge in [-0.2, -0.15) is 0 Å². The molecular formula is C17H32B2O.